The van der Waals surface area contributed by atoms with Crippen LogP contribution in [-0.4, -0.2) is 19.5 Å². The van der Waals surface area contributed by atoms with Crippen LogP contribution in [-0.2, 0) is 0 Å². The molecule has 0 bridgehead atoms. The Bertz CT molecular complexity index is 3080. The number of rotatable bonds is 4. The minimum Gasteiger partial charge on any atom is -0.454 e. The van der Waals surface area contributed by atoms with Crippen molar-refractivity contribution in [1.29, 1.82) is 0 Å². The van der Waals surface area contributed by atoms with E-state index in [-0.39, 0.29) is 0 Å². The second kappa shape index (κ2) is 10.9. The number of furan rings is 1. The van der Waals surface area contributed by atoms with Crippen LogP contribution in [0.3, 0.4) is 0 Å². The van der Waals surface area contributed by atoms with Crippen molar-refractivity contribution < 1.29 is 4.42 Å². The quantitative estimate of drug-likeness (QED) is 0.187. The minimum atomic E-state index is 0.597. The van der Waals surface area contributed by atoms with Crippen LogP contribution in [0.1, 0.15) is 0 Å². The van der Waals surface area contributed by atoms with Crippen LogP contribution in [0.2, 0.25) is 0 Å². The molecule has 7 aromatic carbocycles. The summed E-state index contributed by atoms with van der Waals surface area (Å²) in [4.78, 5) is 15.2. The summed E-state index contributed by atoms with van der Waals surface area (Å²) in [5, 5.41) is 7.04. The molecule has 11 aromatic rings. The molecular weight excluding hydrogens is 645 g/mol. The van der Waals surface area contributed by atoms with Gasteiger partial charge < -0.3 is 8.98 Å². The number of thiophene rings is 1. The van der Waals surface area contributed by atoms with Crippen LogP contribution < -0.4 is 0 Å². The minimum absolute atomic E-state index is 0.597. The van der Waals surface area contributed by atoms with Crippen LogP contribution in [0.5, 0.6) is 0 Å². The summed E-state index contributed by atoms with van der Waals surface area (Å²) < 4.78 is 11.8. The van der Waals surface area contributed by atoms with Crippen LogP contribution in [0.25, 0.3) is 104 Å². The summed E-state index contributed by atoms with van der Waals surface area (Å²) in [5.41, 5.74) is 7.59. The Hall–Kier alpha value is -6.63. The topological polar surface area (TPSA) is 56.7 Å². The van der Waals surface area contributed by atoms with E-state index in [0.29, 0.717) is 17.5 Å². The van der Waals surface area contributed by atoms with Crippen molar-refractivity contribution in [2.24, 2.45) is 0 Å². The third-order valence-corrected chi connectivity index (χ3v) is 11.0. The van der Waals surface area contributed by atoms with Crippen molar-refractivity contribution in [2.45, 2.75) is 0 Å². The highest BCUT2D eigenvalue weighted by atomic mass is 32.1. The zero-order valence-electron chi connectivity index (χ0n) is 27.1. The van der Waals surface area contributed by atoms with E-state index >= 15 is 0 Å². The summed E-state index contributed by atoms with van der Waals surface area (Å²) in [6, 6.07) is 54.7. The van der Waals surface area contributed by atoms with Gasteiger partial charge in [-0.05, 0) is 42.5 Å². The van der Waals surface area contributed by atoms with Crippen molar-refractivity contribution >= 4 is 75.3 Å². The first-order chi connectivity index (χ1) is 25.3. The fourth-order valence-electron chi connectivity index (χ4n) is 7.64. The van der Waals surface area contributed by atoms with Crippen molar-refractivity contribution in [2.75, 3.05) is 0 Å². The van der Waals surface area contributed by atoms with Gasteiger partial charge >= 0.3 is 0 Å². The molecule has 0 saturated carbocycles. The number of hydrogen-bond acceptors (Lipinski definition) is 5. The molecule has 0 atom stereocenters. The van der Waals surface area contributed by atoms with Crippen LogP contribution in [0.4, 0.5) is 0 Å². The molecular formula is C45H26N4OS. The highest BCUT2D eigenvalue weighted by molar-refractivity contribution is 7.26. The summed E-state index contributed by atoms with van der Waals surface area (Å²) in [7, 11) is 0. The number of hydrogen-bond donors (Lipinski definition) is 0. The second-order valence-corrected chi connectivity index (χ2v) is 13.8. The van der Waals surface area contributed by atoms with Gasteiger partial charge in [-0.1, -0.05) is 115 Å². The predicted molar refractivity (Wildman–Crippen MR) is 211 cm³/mol. The largest absolute Gasteiger partial charge is 0.454 e. The maximum Gasteiger partial charge on any atom is 0.164 e. The molecule has 0 fully saturated rings. The molecule has 0 spiro atoms. The lowest BCUT2D eigenvalue weighted by Gasteiger charge is -2.12. The zero-order chi connectivity index (χ0) is 33.5. The van der Waals surface area contributed by atoms with Gasteiger partial charge in [0.15, 0.2) is 23.1 Å². The van der Waals surface area contributed by atoms with E-state index in [2.05, 4.69) is 89.5 Å². The molecule has 0 aliphatic rings. The van der Waals surface area contributed by atoms with Crippen molar-refractivity contribution in [3.05, 3.63) is 158 Å². The van der Waals surface area contributed by atoms with Gasteiger partial charge in [0.05, 0.1) is 16.7 Å². The summed E-state index contributed by atoms with van der Waals surface area (Å²) in [6.45, 7) is 0. The summed E-state index contributed by atoms with van der Waals surface area (Å²) in [5.74, 6) is 1.84. The van der Waals surface area contributed by atoms with Crippen LogP contribution >= 0.6 is 11.3 Å². The van der Waals surface area contributed by atoms with Gasteiger partial charge in [0, 0.05) is 58.4 Å². The van der Waals surface area contributed by atoms with Crippen molar-refractivity contribution in [3.8, 4) is 39.9 Å². The molecule has 0 saturated heterocycles. The van der Waals surface area contributed by atoms with Gasteiger partial charge in [-0.15, -0.1) is 11.3 Å². The molecule has 5 nitrogen and oxygen atoms in total. The Balaban J connectivity index is 1.24. The van der Waals surface area contributed by atoms with E-state index in [1.165, 1.54) is 30.9 Å². The Morgan fingerprint density at radius 2 is 1.06 bits per heavy atom. The monoisotopic (exact) mass is 670 g/mol. The molecule has 0 amide bonds. The number of aromatic nitrogens is 4. The van der Waals surface area contributed by atoms with E-state index in [1.54, 1.807) is 0 Å². The molecule has 4 aromatic heterocycles. The van der Waals surface area contributed by atoms with Gasteiger partial charge in [0.25, 0.3) is 0 Å². The third-order valence-electron chi connectivity index (χ3n) is 9.86. The lowest BCUT2D eigenvalue weighted by molar-refractivity contribution is 0.666. The first-order valence-corrected chi connectivity index (χ1v) is 17.8. The maximum absolute atomic E-state index is 6.85. The molecule has 11 rings (SSSR count). The van der Waals surface area contributed by atoms with E-state index in [1.807, 2.05) is 84.1 Å². The number of para-hydroxylation sites is 2. The van der Waals surface area contributed by atoms with Gasteiger partial charge in [-0.25, -0.2) is 15.0 Å². The highest BCUT2D eigenvalue weighted by Crippen LogP contribution is 2.46. The van der Waals surface area contributed by atoms with E-state index in [0.717, 1.165) is 55.3 Å². The van der Waals surface area contributed by atoms with E-state index < -0.39 is 0 Å². The predicted octanol–water partition coefficient (Wildman–Crippen LogP) is 12.2. The van der Waals surface area contributed by atoms with Crippen molar-refractivity contribution in [3.63, 3.8) is 0 Å². The smallest absolute Gasteiger partial charge is 0.164 e. The summed E-state index contributed by atoms with van der Waals surface area (Å²) >= 11 is 1.85. The lowest BCUT2D eigenvalue weighted by Crippen LogP contribution is -2.01. The molecule has 51 heavy (non-hydrogen) atoms. The standard InChI is InChI=1S/C45H26N4OS/c1-3-13-27(14-4-1)43-46-44(28-15-5-2-6-16-28)48-45(47-43)32-23-24-35(42-39(32)30-18-8-11-21-36(30)50-42)49-33-20-10-7-17-29(33)40-34(49)25-26-38-41(40)31-19-9-12-22-37(31)51-38/h1-26H. The molecule has 0 aliphatic heterocycles. The third kappa shape index (κ3) is 4.24. The van der Waals surface area contributed by atoms with Gasteiger partial charge in [0.2, 0.25) is 0 Å². The molecule has 4 heterocycles. The first-order valence-electron chi connectivity index (χ1n) is 17.0. The van der Waals surface area contributed by atoms with Crippen molar-refractivity contribution in [1.82, 2.24) is 19.5 Å². The highest BCUT2D eigenvalue weighted by Gasteiger charge is 2.24. The lowest BCUT2D eigenvalue weighted by atomic mass is 10.0. The van der Waals surface area contributed by atoms with E-state index in [9.17, 15) is 0 Å². The van der Waals surface area contributed by atoms with Gasteiger partial charge in [0.1, 0.15) is 5.58 Å². The average molecular weight is 671 g/mol. The Labute approximate surface area is 295 Å². The second-order valence-electron chi connectivity index (χ2n) is 12.8. The Morgan fingerprint density at radius 3 is 1.82 bits per heavy atom. The molecule has 0 unspecified atom stereocenters. The fourth-order valence-corrected chi connectivity index (χ4v) is 8.75. The number of nitrogens with zero attached hydrogens (tertiary/aromatic N) is 4. The zero-order valence-corrected chi connectivity index (χ0v) is 27.9. The maximum atomic E-state index is 6.85. The molecule has 0 aliphatic carbocycles. The summed E-state index contributed by atoms with van der Waals surface area (Å²) in [6.07, 6.45) is 0. The van der Waals surface area contributed by atoms with Crippen LogP contribution in [0.15, 0.2) is 162 Å². The molecule has 0 radical (unpaired) electrons. The van der Waals surface area contributed by atoms with E-state index in [4.69, 9.17) is 19.4 Å². The van der Waals surface area contributed by atoms with Gasteiger partial charge in [-0.2, -0.15) is 0 Å². The SMILES string of the molecule is c1ccc(-c2nc(-c3ccccc3)nc(-c3ccc(-n4c5ccccc5c5c6c(ccc54)sc4ccccc46)c4oc5ccccc5c34)n2)cc1. The molecule has 238 valence electrons. The molecule has 0 N–H and O–H groups in total. The number of fused-ring (bicyclic) bond motifs is 10. The van der Waals surface area contributed by atoms with Crippen LogP contribution in [0, 0.1) is 0 Å². The Morgan fingerprint density at radius 1 is 0.431 bits per heavy atom. The fraction of sp³-hybridized carbons (Fsp3) is 0. The normalized spacial score (nSPS) is 11.9. The number of benzene rings is 7. The average Bonchev–Trinajstić information content (AvgIpc) is 3.88. The Kier molecular flexibility index (Phi) is 6.05. The van der Waals surface area contributed by atoms with Gasteiger partial charge in [-0.3, -0.25) is 0 Å². The molecule has 6 heteroatoms. The first kappa shape index (κ1) is 28.2.